The molecule has 2 atom stereocenters. The lowest BCUT2D eigenvalue weighted by Crippen LogP contribution is -2.44. The molecule has 1 aromatic carbocycles. The number of hydrogen-bond donors (Lipinski definition) is 2. The van der Waals surface area contributed by atoms with Crippen LogP contribution in [0.3, 0.4) is 0 Å². The highest BCUT2D eigenvalue weighted by molar-refractivity contribution is 5.95. The van der Waals surface area contributed by atoms with Crippen molar-refractivity contribution >= 4 is 5.84 Å². The quantitative estimate of drug-likeness (QED) is 0.647. The third-order valence-electron chi connectivity index (χ3n) is 3.48. The summed E-state index contributed by atoms with van der Waals surface area (Å²) in [7, 11) is 1.66. The third kappa shape index (κ3) is 3.49. The molecule has 1 saturated heterocycles. The molecule has 3 N–H and O–H groups in total. The topological polar surface area (TPSA) is 71.6 Å². The summed E-state index contributed by atoms with van der Waals surface area (Å²) in [6.07, 6.45) is 0.474. The molecule has 0 saturated carbocycles. The first-order valence-electron chi connectivity index (χ1n) is 6.88. The molecule has 0 amide bonds. The molecule has 5 nitrogen and oxygen atoms in total. The van der Waals surface area contributed by atoms with E-state index in [4.69, 9.17) is 20.6 Å². The number of hydrogen-bond acceptors (Lipinski definition) is 4. The normalized spacial score (nSPS) is 23.6. The Hall–Kier alpha value is -1.59. The summed E-state index contributed by atoms with van der Waals surface area (Å²) in [5.74, 6) is 0.916. The minimum atomic E-state index is 0.0811. The number of nitrogen functional groups attached to an aromatic ring is 1. The summed E-state index contributed by atoms with van der Waals surface area (Å²) in [5.41, 5.74) is 7.35. The number of benzene rings is 1. The fourth-order valence-electron chi connectivity index (χ4n) is 2.72. The van der Waals surface area contributed by atoms with Crippen LogP contribution < -0.4 is 10.5 Å². The number of rotatable bonds is 4. The van der Waals surface area contributed by atoms with Crippen LogP contribution >= 0.6 is 0 Å². The smallest absolute Gasteiger partial charge is 0.123 e. The van der Waals surface area contributed by atoms with Crippen molar-refractivity contribution in [3.8, 4) is 5.75 Å². The number of ether oxygens (including phenoxy) is 2. The van der Waals surface area contributed by atoms with Gasteiger partial charge in [-0.25, -0.2) is 0 Å². The van der Waals surface area contributed by atoms with Crippen LogP contribution in [-0.2, 0) is 11.3 Å². The van der Waals surface area contributed by atoms with Gasteiger partial charge in [0.25, 0.3) is 0 Å². The second-order valence-electron chi connectivity index (χ2n) is 5.39. The van der Waals surface area contributed by atoms with Gasteiger partial charge < -0.3 is 15.2 Å². The molecule has 1 aliphatic rings. The van der Waals surface area contributed by atoms with E-state index in [2.05, 4.69) is 18.7 Å². The molecule has 1 heterocycles. The first kappa shape index (κ1) is 14.8. The van der Waals surface area contributed by atoms with Gasteiger partial charge in [0.1, 0.15) is 11.6 Å². The standard InChI is InChI=1S/C15H23N3O2/c1-10-7-18(8-11(2)20-10)9-13-6-12(15(16)17)4-5-14(13)19-3/h4-6,10-11H,7-9H2,1-3H3,(H3,16,17)/t10-,11+. The molecule has 1 aliphatic heterocycles. The number of nitrogens with one attached hydrogen (secondary N) is 1. The van der Waals surface area contributed by atoms with Crippen molar-refractivity contribution in [3.05, 3.63) is 29.3 Å². The minimum Gasteiger partial charge on any atom is -0.496 e. The molecule has 110 valence electrons. The number of morpholine rings is 1. The second kappa shape index (κ2) is 6.24. The largest absolute Gasteiger partial charge is 0.496 e. The maximum atomic E-state index is 7.55. The molecular weight excluding hydrogens is 254 g/mol. The third-order valence-corrected chi connectivity index (χ3v) is 3.48. The molecule has 0 unspecified atom stereocenters. The lowest BCUT2D eigenvalue weighted by molar-refractivity contribution is -0.0706. The van der Waals surface area contributed by atoms with Crippen molar-refractivity contribution in [3.63, 3.8) is 0 Å². The Morgan fingerprint density at radius 2 is 2.05 bits per heavy atom. The van der Waals surface area contributed by atoms with Crippen LogP contribution in [0, 0.1) is 5.41 Å². The van der Waals surface area contributed by atoms with Gasteiger partial charge in [-0.1, -0.05) is 0 Å². The van der Waals surface area contributed by atoms with E-state index in [0.717, 1.165) is 36.5 Å². The molecule has 1 fully saturated rings. The molecule has 2 rings (SSSR count). The average molecular weight is 277 g/mol. The number of nitrogens with zero attached hydrogens (tertiary/aromatic N) is 1. The summed E-state index contributed by atoms with van der Waals surface area (Å²) in [6.45, 7) is 6.76. The summed E-state index contributed by atoms with van der Waals surface area (Å²) in [5, 5.41) is 7.55. The van der Waals surface area contributed by atoms with Crippen molar-refractivity contribution in [1.82, 2.24) is 4.90 Å². The predicted molar refractivity (Wildman–Crippen MR) is 79.3 cm³/mol. The van der Waals surface area contributed by atoms with E-state index in [0.29, 0.717) is 0 Å². The highest BCUT2D eigenvalue weighted by atomic mass is 16.5. The SMILES string of the molecule is COc1ccc(C(=N)N)cc1CN1C[C@@H](C)O[C@@H](C)C1. The second-order valence-corrected chi connectivity index (χ2v) is 5.39. The van der Waals surface area contributed by atoms with Gasteiger partial charge in [-0.2, -0.15) is 0 Å². The molecule has 0 bridgehead atoms. The van der Waals surface area contributed by atoms with Gasteiger partial charge in [0, 0.05) is 30.8 Å². The van der Waals surface area contributed by atoms with E-state index in [1.54, 1.807) is 7.11 Å². The molecule has 5 heteroatoms. The Kier molecular flexibility index (Phi) is 4.62. The first-order chi connectivity index (χ1) is 9.49. The van der Waals surface area contributed by atoms with Crippen LogP contribution in [0.1, 0.15) is 25.0 Å². The Bertz CT molecular complexity index is 480. The fourth-order valence-corrected chi connectivity index (χ4v) is 2.72. The molecule has 0 aromatic heterocycles. The van der Waals surface area contributed by atoms with Crippen LogP contribution in [0.15, 0.2) is 18.2 Å². The zero-order chi connectivity index (χ0) is 14.7. The Morgan fingerprint density at radius 3 is 2.60 bits per heavy atom. The summed E-state index contributed by atoms with van der Waals surface area (Å²) in [6, 6.07) is 5.63. The van der Waals surface area contributed by atoms with E-state index in [1.807, 2.05) is 18.2 Å². The first-order valence-corrected chi connectivity index (χ1v) is 6.88. The summed E-state index contributed by atoms with van der Waals surface area (Å²) < 4.78 is 11.2. The van der Waals surface area contributed by atoms with Crippen LogP contribution in [0.25, 0.3) is 0 Å². The maximum Gasteiger partial charge on any atom is 0.123 e. The average Bonchev–Trinajstić information content (AvgIpc) is 2.37. The van der Waals surface area contributed by atoms with Crippen LogP contribution in [0.2, 0.25) is 0 Å². The highest BCUT2D eigenvalue weighted by Crippen LogP contribution is 2.23. The minimum absolute atomic E-state index is 0.0811. The van der Waals surface area contributed by atoms with E-state index < -0.39 is 0 Å². The number of amidine groups is 1. The van der Waals surface area contributed by atoms with Gasteiger partial charge in [0.05, 0.1) is 19.3 Å². The highest BCUT2D eigenvalue weighted by Gasteiger charge is 2.23. The van der Waals surface area contributed by atoms with Gasteiger partial charge in [0.15, 0.2) is 0 Å². The Morgan fingerprint density at radius 1 is 1.40 bits per heavy atom. The van der Waals surface area contributed by atoms with Gasteiger partial charge in [-0.05, 0) is 32.0 Å². The molecule has 0 radical (unpaired) electrons. The summed E-state index contributed by atoms with van der Waals surface area (Å²) >= 11 is 0. The van der Waals surface area contributed by atoms with Crippen LogP contribution in [-0.4, -0.2) is 43.1 Å². The number of methoxy groups -OCH3 is 1. The summed E-state index contributed by atoms with van der Waals surface area (Å²) in [4.78, 5) is 2.35. The van der Waals surface area contributed by atoms with E-state index in [-0.39, 0.29) is 18.0 Å². The van der Waals surface area contributed by atoms with Gasteiger partial charge >= 0.3 is 0 Å². The van der Waals surface area contributed by atoms with Crippen molar-refractivity contribution in [2.75, 3.05) is 20.2 Å². The van der Waals surface area contributed by atoms with Crippen molar-refractivity contribution in [2.45, 2.75) is 32.6 Å². The van der Waals surface area contributed by atoms with E-state index >= 15 is 0 Å². The monoisotopic (exact) mass is 277 g/mol. The van der Waals surface area contributed by atoms with Gasteiger partial charge in [0.2, 0.25) is 0 Å². The van der Waals surface area contributed by atoms with Crippen LogP contribution in [0.5, 0.6) is 5.75 Å². The molecule has 1 aromatic rings. The van der Waals surface area contributed by atoms with Crippen molar-refractivity contribution in [2.24, 2.45) is 5.73 Å². The van der Waals surface area contributed by atoms with Gasteiger partial charge in [-0.15, -0.1) is 0 Å². The molecular formula is C15H23N3O2. The zero-order valence-corrected chi connectivity index (χ0v) is 12.3. The Labute approximate surface area is 120 Å². The van der Waals surface area contributed by atoms with Crippen LogP contribution in [0.4, 0.5) is 0 Å². The van der Waals surface area contributed by atoms with Gasteiger partial charge in [-0.3, -0.25) is 10.3 Å². The Balaban J connectivity index is 2.18. The molecule has 0 aliphatic carbocycles. The lowest BCUT2D eigenvalue weighted by Gasteiger charge is -2.35. The van der Waals surface area contributed by atoms with Crippen molar-refractivity contribution in [1.29, 1.82) is 5.41 Å². The van der Waals surface area contributed by atoms with E-state index in [9.17, 15) is 0 Å². The van der Waals surface area contributed by atoms with Crippen molar-refractivity contribution < 1.29 is 9.47 Å². The van der Waals surface area contributed by atoms with E-state index in [1.165, 1.54) is 0 Å². The fraction of sp³-hybridized carbons (Fsp3) is 0.533. The number of nitrogens with two attached hydrogens (primary N) is 1. The maximum absolute atomic E-state index is 7.55. The lowest BCUT2D eigenvalue weighted by atomic mass is 10.1. The molecule has 20 heavy (non-hydrogen) atoms. The zero-order valence-electron chi connectivity index (χ0n) is 12.3. The predicted octanol–water partition coefficient (Wildman–Crippen LogP) is 1.59. The molecule has 0 spiro atoms.